The van der Waals surface area contributed by atoms with E-state index >= 15 is 0 Å². The van der Waals surface area contributed by atoms with Crippen LogP contribution in [-0.2, 0) is 10.1 Å². The van der Waals surface area contributed by atoms with Gasteiger partial charge < -0.3 is 4.18 Å². The van der Waals surface area contributed by atoms with Crippen molar-refractivity contribution in [1.29, 1.82) is 5.26 Å². The van der Waals surface area contributed by atoms with Crippen molar-refractivity contribution in [3.05, 3.63) is 63.2 Å². The van der Waals surface area contributed by atoms with Gasteiger partial charge in [0.25, 0.3) is 5.69 Å². The summed E-state index contributed by atoms with van der Waals surface area (Å²) >= 11 is 5.84. The van der Waals surface area contributed by atoms with Crippen LogP contribution in [0.4, 0.5) is 5.69 Å². The third-order valence-corrected chi connectivity index (χ3v) is 4.14. The Morgan fingerprint density at radius 1 is 1.18 bits per heavy atom. The Bertz CT molecular complexity index is 872. The van der Waals surface area contributed by atoms with E-state index in [9.17, 15) is 18.5 Å². The molecule has 0 bridgehead atoms. The lowest BCUT2D eigenvalue weighted by molar-refractivity contribution is -0.384. The highest BCUT2D eigenvalue weighted by molar-refractivity contribution is 7.87. The molecule has 9 heteroatoms. The zero-order chi connectivity index (χ0) is 16.3. The SMILES string of the molecule is N#Cc1ccc(OS(=O)(=O)c2ccc([N+](=O)[O-])cc2)c(Cl)c1. The molecule has 0 aromatic heterocycles. The molecule has 0 radical (unpaired) electrons. The van der Waals surface area contributed by atoms with Crippen LogP contribution in [0.2, 0.25) is 5.02 Å². The normalized spacial score (nSPS) is 10.7. The van der Waals surface area contributed by atoms with Crippen LogP contribution >= 0.6 is 11.6 Å². The third-order valence-electron chi connectivity index (χ3n) is 2.60. The molecule has 0 aliphatic heterocycles. The maximum absolute atomic E-state index is 12.1. The van der Waals surface area contributed by atoms with Gasteiger partial charge in [-0.1, -0.05) is 11.6 Å². The number of halogens is 1. The zero-order valence-electron chi connectivity index (χ0n) is 10.8. The van der Waals surface area contributed by atoms with Gasteiger partial charge in [0.1, 0.15) is 4.90 Å². The quantitative estimate of drug-likeness (QED) is 0.481. The number of hydrogen-bond donors (Lipinski definition) is 0. The number of hydrogen-bond acceptors (Lipinski definition) is 6. The minimum Gasteiger partial charge on any atom is -0.377 e. The van der Waals surface area contributed by atoms with Gasteiger partial charge in [-0.3, -0.25) is 10.1 Å². The Morgan fingerprint density at radius 2 is 1.82 bits per heavy atom. The summed E-state index contributed by atoms with van der Waals surface area (Å²) in [5, 5.41) is 19.2. The van der Waals surface area contributed by atoms with E-state index in [0.29, 0.717) is 0 Å². The van der Waals surface area contributed by atoms with Crippen molar-refractivity contribution in [3.63, 3.8) is 0 Å². The molecular weight excluding hydrogens is 332 g/mol. The van der Waals surface area contributed by atoms with Gasteiger partial charge in [-0.05, 0) is 30.3 Å². The maximum atomic E-state index is 12.1. The molecule has 2 rings (SSSR count). The molecular formula is C13H7ClN2O5S. The van der Waals surface area contributed by atoms with E-state index < -0.39 is 15.0 Å². The largest absolute Gasteiger partial charge is 0.377 e. The molecule has 22 heavy (non-hydrogen) atoms. The molecule has 0 aliphatic carbocycles. The van der Waals surface area contributed by atoms with Crippen LogP contribution in [0.25, 0.3) is 0 Å². The second-order valence-electron chi connectivity index (χ2n) is 4.05. The molecule has 112 valence electrons. The standard InChI is InChI=1S/C13H7ClN2O5S/c14-12-7-9(8-15)1-6-13(12)21-22(19,20)11-4-2-10(3-5-11)16(17)18/h1-7H. The molecule has 0 saturated heterocycles. The summed E-state index contributed by atoms with van der Waals surface area (Å²) in [6.07, 6.45) is 0. The van der Waals surface area contributed by atoms with Gasteiger partial charge in [-0.25, -0.2) is 0 Å². The van der Waals surface area contributed by atoms with Crippen LogP contribution in [0.5, 0.6) is 5.75 Å². The average molecular weight is 339 g/mol. The zero-order valence-corrected chi connectivity index (χ0v) is 12.3. The second-order valence-corrected chi connectivity index (χ2v) is 6.00. The number of nitro groups is 1. The molecule has 0 spiro atoms. The molecule has 0 fully saturated rings. The highest BCUT2D eigenvalue weighted by Gasteiger charge is 2.19. The van der Waals surface area contributed by atoms with Crippen LogP contribution in [-0.4, -0.2) is 13.3 Å². The van der Waals surface area contributed by atoms with E-state index in [2.05, 4.69) is 0 Å². The van der Waals surface area contributed by atoms with E-state index in [1.807, 2.05) is 6.07 Å². The van der Waals surface area contributed by atoms with Gasteiger partial charge in [0.05, 0.1) is 21.6 Å². The van der Waals surface area contributed by atoms with Gasteiger partial charge in [0.2, 0.25) is 0 Å². The lowest BCUT2D eigenvalue weighted by Gasteiger charge is -2.08. The van der Waals surface area contributed by atoms with Gasteiger partial charge in [-0.15, -0.1) is 0 Å². The molecule has 2 aromatic carbocycles. The first-order valence-corrected chi connectivity index (χ1v) is 7.51. The van der Waals surface area contributed by atoms with Crippen molar-refractivity contribution in [1.82, 2.24) is 0 Å². The molecule has 0 atom stereocenters. The van der Waals surface area contributed by atoms with Crippen LogP contribution in [0.1, 0.15) is 5.56 Å². The Hall–Kier alpha value is -2.63. The van der Waals surface area contributed by atoms with E-state index in [1.54, 1.807) is 0 Å². The van der Waals surface area contributed by atoms with Crippen LogP contribution in [0, 0.1) is 21.4 Å². The van der Waals surface area contributed by atoms with Crippen molar-refractivity contribution < 1.29 is 17.5 Å². The smallest absolute Gasteiger partial charge is 0.339 e. The average Bonchev–Trinajstić information content (AvgIpc) is 2.49. The topological polar surface area (TPSA) is 110 Å². The van der Waals surface area contributed by atoms with E-state index in [-0.39, 0.29) is 26.9 Å². The second kappa shape index (κ2) is 6.01. The highest BCUT2D eigenvalue weighted by atomic mass is 35.5. The van der Waals surface area contributed by atoms with E-state index in [1.165, 1.54) is 18.2 Å². The summed E-state index contributed by atoms with van der Waals surface area (Å²) in [4.78, 5) is 9.64. The Kier molecular flexibility index (Phi) is 4.30. The first-order chi connectivity index (χ1) is 10.3. The Balaban J connectivity index is 2.32. The monoisotopic (exact) mass is 338 g/mol. The van der Waals surface area contributed by atoms with Crippen molar-refractivity contribution in [2.75, 3.05) is 0 Å². The molecule has 2 aromatic rings. The summed E-state index contributed by atoms with van der Waals surface area (Å²) in [7, 11) is -4.19. The van der Waals surface area contributed by atoms with Crippen molar-refractivity contribution >= 4 is 27.4 Å². The maximum Gasteiger partial charge on any atom is 0.339 e. The fourth-order valence-corrected chi connectivity index (χ4v) is 2.75. The number of nitriles is 1. The Labute approximate surface area is 130 Å². The lowest BCUT2D eigenvalue weighted by atomic mass is 10.2. The molecule has 0 aliphatic rings. The Morgan fingerprint density at radius 3 is 2.32 bits per heavy atom. The minimum atomic E-state index is -4.19. The minimum absolute atomic E-state index is 0.0375. The summed E-state index contributed by atoms with van der Waals surface area (Å²) in [5.74, 6) is -0.140. The molecule has 0 amide bonds. The molecule has 0 N–H and O–H groups in total. The molecule has 0 heterocycles. The lowest BCUT2D eigenvalue weighted by Crippen LogP contribution is -2.10. The molecule has 0 saturated carbocycles. The summed E-state index contributed by atoms with van der Waals surface area (Å²) in [6.45, 7) is 0. The summed E-state index contributed by atoms with van der Waals surface area (Å²) in [5.41, 5.74) is 0.0143. The van der Waals surface area contributed by atoms with Crippen LogP contribution in [0.15, 0.2) is 47.4 Å². The number of non-ortho nitro benzene ring substituents is 1. The predicted octanol–water partition coefficient (Wildman–Crippen LogP) is 2.89. The summed E-state index contributed by atoms with van der Waals surface area (Å²) < 4.78 is 29.0. The number of nitro benzene ring substituents is 1. The predicted molar refractivity (Wildman–Crippen MR) is 77.1 cm³/mol. The fraction of sp³-hybridized carbons (Fsp3) is 0. The van der Waals surface area contributed by atoms with Crippen molar-refractivity contribution in [2.45, 2.75) is 4.90 Å². The molecule has 7 nitrogen and oxygen atoms in total. The summed E-state index contributed by atoms with van der Waals surface area (Å²) in [6, 6.07) is 9.95. The fourth-order valence-electron chi connectivity index (χ4n) is 1.54. The van der Waals surface area contributed by atoms with Crippen LogP contribution < -0.4 is 4.18 Å². The molecule has 0 unspecified atom stereocenters. The first kappa shape index (κ1) is 15.8. The number of benzene rings is 2. The van der Waals surface area contributed by atoms with Gasteiger partial charge in [0.15, 0.2) is 5.75 Å². The van der Waals surface area contributed by atoms with Crippen molar-refractivity contribution in [3.8, 4) is 11.8 Å². The van der Waals surface area contributed by atoms with E-state index in [0.717, 1.165) is 24.3 Å². The number of nitrogens with zero attached hydrogens (tertiary/aromatic N) is 2. The number of rotatable bonds is 4. The van der Waals surface area contributed by atoms with Gasteiger partial charge >= 0.3 is 10.1 Å². The third kappa shape index (κ3) is 3.33. The van der Waals surface area contributed by atoms with Crippen molar-refractivity contribution in [2.24, 2.45) is 0 Å². The van der Waals surface area contributed by atoms with Gasteiger partial charge in [0, 0.05) is 12.1 Å². The first-order valence-electron chi connectivity index (χ1n) is 5.72. The van der Waals surface area contributed by atoms with Crippen LogP contribution in [0.3, 0.4) is 0 Å². The van der Waals surface area contributed by atoms with E-state index in [4.69, 9.17) is 21.0 Å². The van der Waals surface area contributed by atoms with Gasteiger partial charge in [-0.2, -0.15) is 13.7 Å². The highest BCUT2D eigenvalue weighted by Crippen LogP contribution is 2.28.